The Morgan fingerprint density at radius 2 is 1.95 bits per heavy atom. The van der Waals surface area contributed by atoms with E-state index < -0.39 is 17.5 Å². The van der Waals surface area contributed by atoms with Gasteiger partial charge in [0.15, 0.2) is 0 Å². The van der Waals surface area contributed by atoms with Gasteiger partial charge in [-0.3, -0.25) is 9.59 Å². The lowest BCUT2D eigenvalue weighted by atomic mass is 10.1. The first kappa shape index (κ1) is 15.9. The van der Waals surface area contributed by atoms with E-state index >= 15 is 0 Å². The summed E-state index contributed by atoms with van der Waals surface area (Å²) in [5.41, 5.74) is 0.473. The van der Waals surface area contributed by atoms with Crippen molar-refractivity contribution in [2.75, 3.05) is 18.0 Å². The molecule has 0 saturated heterocycles. The molecule has 0 fully saturated rings. The van der Waals surface area contributed by atoms with Gasteiger partial charge in [-0.1, -0.05) is 11.6 Å². The van der Waals surface area contributed by atoms with Crippen LogP contribution >= 0.6 is 11.6 Å². The fourth-order valence-electron chi connectivity index (χ4n) is 2.21. The molecule has 1 aliphatic rings. The number of ketones is 1. The largest absolute Gasteiger partial charge is 0.312 e. The van der Waals surface area contributed by atoms with Gasteiger partial charge in [0.2, 0.25) is 0 Å². The fourth-order valence-corrected chi connectivity index (χ4v) is 2.37. The molecule has 21 heavy (non-hydrogen) atoms. The second kappa shape index (κ2) is 5.73. The van der Waals surface area contributed by atoms with Crippen LogP contribution in [0.2, 0.25) is 5.02 Å². The van der Waals surface area contributed by atoms with Crippen molar-refractivity contribution in [2.24, 2.45) is 0 Å². The third kappa shape index (κ3) is 3.41. The van der Waals surface area contributed by atoms with Crippen LogP contribution in [0, 0.1) is 5.82 Å². The highest BCUT2D eigenvalue weighted by Gasteiger charge is 2.36. The highest BCUT2D eigenvalue weighted by Crippen LogP contribution is 2.33. The van der Waals surface area contributed by atoms with E-state index in [9.17, 15) is 14.0 Å². The van der Waals surface area contributed by atoms with Gasteiger partial charge in [-0.15, -0.1) is 0 Å². The smallest absolute Gasteiger partial charge is 0.299 e. The quantitative estimate of drug-likeness (QED) is 0.687. The van der Waals surface area contributed by atoms with Gasteiger partial charge in [-0.05, 0) is 45.9 Å². The predicted molar refractivity (Wildman–Crippen MR) is 80.5 cm³/mol. The second-order valence-electron chi connectivity index (χ2n) is 6.10. The first-order valence-electron chi connectivity index (χ1n) is 6.81. The van der Waals surface area contributed by atoms with Gasteiger partial charge in [0.1, 0.15) is 5.82 Å². The Kier molecular flexibility index (Phi) is 4.35. The van der Waals surface area contributed by atoms with E-state index in [2.05, 4.69) is 5.32 Å². The summed E-state index contributed by atoms with van der Waals surface area (Å²) in [5.74, 6) is -1.88. The first-order chi connectivity index (χ1) is 9.70. The number of Topliss-reactive ketones (excluding diaryl/α,β-unsaturated/α-hetero) is 1. The monoisotopic (exact) mass is 312 g/mol. The number of anilines is 1. The number of benzene rings is 1. The maximum absolute atomic E-state index is 13.6. The Morgan fingerprint density at radius 1 is 1.29 bits per heavy atom. The van der Waals surface area contributed by atoms with Crippen LogP contribution in [0.25, 0.3) is 0 Å². The van der Waals surface area contributed by atoms with Crippen LogP contribution in [-0.4, -0.2) is 30.3 Å². The molecule has 0 atom stereocenters. The minimum absolute atomic E-state index is 0.0115. The summed E-state index contributed by atoms with van der Waals surface area (Å²) in [6.07, 6.45) is 0.667. The Balaban J connectivity index is 2.10. The number of carbonyl (C=O) groups is 2. The van der Waals surface area contributed by atoms with Crippen LogP contribution in [0.5, 0.6) is 0 Å². The Hall–Kier alpha value is -1.46. The van der Waals surface area contributed by atoms with E-state index in [4.69, 9.17) is 11.6 Å². The molecule has 1 aromatic carbocycles. The number of fused-ring (bicyclic) bond motifs is 1. The zero-order valence-electron chi connectivity index (χ0n) is 12.3. The molecule has 6 heteroatoms. The van der Waals surface area contributed by atoms with Crippen LogP contribution in [0.15, 0.2) is 12.1 Å². The minimum Gasteiger partial charge on any atom is -0.312 e. The number of hydrogen-bond acceptors (Lipinski definition) is 3. The highest BCUT2D eigenvalue weighted by atomic mass is 35.5. The normalized spacial score (nSPS) is 14.8. The lowest BCUT2D eigenvalue weighted by molar-refractivity contribution is -0.114. The minimum atomic E-state index is -0.629. The van der Waals surface area contributed by atoms with Gasteiger partial charge < -0.3 is 10.2 Å². The molecule has 0 radical (unpaired) electrons. The summed E-state index contributed by atoms with van der Waals surface area (Å²) in [5, 5.41) is 3.15. The summed E-state index contributed by atoms with van der Waals surface area (Å²) >= 11 is 5.66. The van der Waals surface area contributed by atoms with Crippen LogP contribution in [0.3, 0.4) is 0 Å². The van der Waals surface area contributed by atoms with Crippen molar-refractivity contribution in [1.29, 1.82) is 0 Å². The van der Waals surface area contributed by atoms with Crippen LogP contribution in [0.1, 0.15) is 37.6 Å². The molecule has 0 bridgehead atoms. The van der Waals surface area contributed by atoms with Crippen molar-refractivity contribution in [3.63, 3.8) is 0 Å². The number of nitrogens with zero attached hydrogens (tertiary/aromatic N) is 1. The third-order valence-corrected chi connectivity index (χ3v) is 3.52. The van der Waals surface area contributed by atoms with Crippen molar-refractivity contribution >= 4 is 29.0 Å². The first-order valence-corrected chi connectivity index (χ1v) is 7.19. The summed E-state index contributed by atoms with van der Waals surface area (Å²) < 4.78 is 13.6. The summed E-state index contributed by atoms with van der Waals surface area (Å²) in [7, 11) is 0. The number of hydrogen-bond donors (Lipinski definition) is 1. The Bertz CT molecular complexity index is 596. The van der Waals surface area contributed by atoms with E-state index in [1.165, 1.54) is 11.0 Å². The van der Waals surface area contributed by atoms with Gasteiger partial charge in [0.05, 0.1) is 16.3 Å². The van der Waals surface area contributed by atoms with Crippen LogP contribution in [0.4, 0.5) is 10.1 Å². The molecule has 114 valence electrons. The fraction of sp³-hybridized carbons (Fsp3) is 0.467. The molecule has 1 aromatic rings. The van der Waals surface area contributed by atoms with Gasteiger partial charge >= 0.3 is 0 Å². The number of halogens is 2. The van der Waals surface area contributed by atoms with E-state index in [-0.39, 0.29) is 16.1 Å². The molecule has 2 rings (SSSR count). The molecular formula is C15H18ClFN2O2. The standard InChI is InChI=1S/C15H18ClFN2O2/c1-15(2,3)18-5-4-6-19-12-8-11(17)10(16)7-9(12)13(20)14(19)21/h7-8,18H,4-6H2,1-3H3. The lowest BCUT2D eigenvalue weighted by Crippen LogP contribution is -2.38. The zero-order valence-corrected chi connectivity index (χ0v) is 13.1. The predicted octanol–water partition coefficient (Wildman–Crippen LogP) is 2.79. The maximum atomic E-state index is 13.6. The van der Waals surface area contributed by atoms with Crippen molar-refractivity contribution < 1.29 is 14.0 Å². The number of carbonyl (C=O) groups excluding carboxylic acids is 2. The molecule has 0 unspecified atom stereocenters. The molecule has 0 spiro atoms. The number of rotatable bonds is 4. The molecular weight excluding hydrogens is 295 g/mol. The van der Waals surface area contributed by atoms with Gasteiger partial charge in [0.25, 0.3) is 11.7 Å². The highest BCUT2D eigenvalue weighted by molar-refractivity contribution is 6.52. The topological polar surface area (TPSA) is 49.4 Å². The SMILES string of the molecule is CC(C)(C)NCCCN1C(=O)C(=O)c2cc(Cl)c(F)cc21. The van der Waals surface area contributed by atoms with E-state index in [1.54, 1.807) is 0 Å². The lowest BCUT2D eigenvalue weighted by Gasteiger charge is -2.22. The summed E-state index contributed by atoms with van der Waals surface area (Å²) in [4.78, 5) is 25.2. The van der Waals surface area contributed by atoms with E-state index in [1.807, 2.05) is 20.8 Å². The van der Waals surface area contributed by atoms with Crippen molar-refractivity contribution in [3.8, 4) is 0 Å². The molecule has 1 aliphatic heterocycles. The Labute approximate surface area is 128 Å². The maximum Gasteiger partial charge on any atom is 0.299 e. The zero-order chi connectivity index (χ0) is 15.8. The van der Waals surface area contributed by atoms with E-state index in [0.29, 0.717) is 25.2 Å². The number of nitrogens with one attached hydrogen (secondary N) is 1. The van der Waals surface area contributed by atoms with Gasteiger partial charge in [-0.25, -0.2) is 4.39 Å². The van der Waals surface area contributed by atoms with Crippen molar-refractivity contribution in [2.45, 2.75) is 32.7 Å². The summed E-state index contributed by atoms with van der Waals surface area (Å²) in [6, 6.07) is 2.37. The number of amides is 1. The molecule has 1 N–H and O–H groups in total. The van der Waals surface area contributed by atoms with Crippen molar-refractivity contribution in [1.82, 2.24) is 5.32 Å². The molecule has 0 aromatic heterocycles. The van der Waals surface area contributed by atoms with Crippen LogP contribution in [-0.2, 0) is 4.79 Å². The summed E-state index contributed by atoms with van der Waals surface area (Å²) in [6.45, 7) is 7.20. The Morgan fingerprint density at radius 3 is 2.57 bits per heavy atom. The molecule has 4 nitrogen and oxygen atoms in total. The molecule has 0 aliphatic carbocycles. The average molecular weight is 313 g/mol. The molecule has 1 amide bonds. The average Bonchev–Trinajstić information content (AvgIpc) is 2.59. The third-order valence-electron chi connectivity index (χ3n) is 3.23. The van der Waals surface area contributed by atoms with Gasteiger partial charge in [0, 0.05) is 12.1 Å². The molecule has 1 heterocycles. The van der Waals surface area contributed by atoms with Crippen molar-refractivity contribution in [3.05, 3.63) is 28.5 Å². The van der Waals surface area contributed by atoms with Gasteiger partial charge in [-0.2, -0.15) is 0 Å². The second-order valence-corrected chi connectivity index (χ2v) is 6.51. The van der Waals surface area contributed by atoms with Crippen LogP contribution < -0.4 is 10.2 Å². The molecule has 0 saturated carbocycles. The van der Waals surface area contributed by atoms with E-state index in [0.717, 1.165) is 6.07 Å².